The quantitative estimate of drug-likeness (QED) is 0.634. The van der Waals surface area contributed by atoms with E-state index in [-0.39, 0.29) is 25.2 Å². The van der Waals surface area contributed by atoms with Crippen LogP contribution in [-0.2, 0) is 28.8 Å². The van der Waals surface area contributed by atoms with Crippen LogP contribution < -0.4 is 5.32 Å². The van der Waals surface area contributed by atoms with E-state index in [1.54, 1.807) is 11.0 Å². The van der Waals surface area contributed by atoms with Gasteiger partial charge in [0.05, 0.1) is 11.7 Å². The van der Waals surface area contributed by atoms with Crippen LogP contribution in [0, 0.1) is 0 Å². The number of amides is 1. The third-order valence-corrected chi connectivity index (χ3v) is 5.41. The molecular weight excluding hydrogens is 405 g/mol. The number of benzene rings is 3. The summed E-state index contributed by atoms with van der Waals surface area (Å²) in [4.78, 5) is 13.8. The van der Waals surface area contributed by atoms with Gasteiger partial charge in [0.1, 0.15) is 6.61 Å². The first-order valence-corrected chi connectivity index (χ1v) is 10.1. The minimum atomic E-state index is -4.40. The molecule has 3 aromatic carbocycles. The molecule has 0 spiro atoms. The van der Waals surface area contributed by atoms with Crippen molar-refractivity contribution in [1.82, 2.24) is 10.2 Å². The summed E-state index contributed by atoms with van der Waals surface area (Å²) in [6.45, 7) is 1.58. The summed E-state index contributed by atoms with van der Waals surface area (Å²) < 4.78 is 44.5. The zero-order valence-corrected chi connectivity index (χ0v) is 16.9. The lowest BCUT2D eigenvalue weighted by molar-refractivity contribution is -0.149. The molecule has 3 aromatic rings. The molecule has 1 heterocycles. The second-order valence-electron chi connectivity index (χ2n) is 7.67. The monoisotopic (exact) mass is 428 g/mol. The van der Waals surface area contributed by atoms with E-state index in [9.17, 15) is 18.0 Å². The molecule has 162 valence electrons. The second kappa shape index (κ2) is 9.08. The molecule has 0 aromatic heterocycles. The molecule has 0 radical (unpaired) electrons. The van der Waals surface area contributed by atoms with Crippen LogP contribution in [0.3, 0.4) is 0 Å². The van der Waals surface area contributed by atoms with Crippen molar-refractivity contribution >= 4 is 16.7 Å². The number of nitrogens with one attached hydrogen (secondary N) is 1. The van der Waals surface area contributed by atoms with E-state index in [2.05, 4.69) is 29.6 Å². The average molecular weight is 428 g/mol. The Labute approximate surface area is 178 Å². The number of hydrogen-bond acceptors (Lipinski definition) is 3. The highest BCUT2D eigenvalue weighted by Crippen LogP contribution is 2.30. The van der Waals surface area contributed by atoms with Crippen molar-refractivity contribution < 1.29 is 22.7 Å². The molecule has 7 heteroatoms. The van der Waals surface area contributed by atoms with Gasteiger partial charge in [-0.1, -0.05) is 54.6 Å². The van der Waals surface area contributed by atoms with Crippen LogP contribution in [0.5, 0.6) is 0 Å². The molecule has 1 saturated heterocycles. The first-order valence-electron chi connectivity index (χ1n) is 10.1. The topological polar surface area (TPSA) is 41.6 Å². The van der Waals surface area contributed by atoms with Crippen molar-refractivity contribution in [3.05, 3.63) is 83.4 Å². The first-order chi connectivity index (χ1) is 14.9. The number of fused-ring (bicyclic) bond motifs is 1. The summed E-state index contributed by atoms with van der Waals surface area (Å²) in [5.74, 6) is -0.220. The van der Waals surface area contributed by atoms with Crippen LogP contribution in [0.15, 0.2) is 66.7 Å². The molecule has 1 amide bonds. The molecule has 1 aliphatic rings. The fourth-order valence-electron chi connectivity index (χ4n) is 3.84. The van der Waals surface area contributed by atoms with Crippen molar-refractivity contribution in [1.29, 1.82) is 0 Å². The number of morpholine rings is 1. The Morgan fingerprint density at radius 1 is 1.03 bits per heavy atom. The molecule has 1 aliphatic heterocycles. The van der Waals surface area contributed by atoms with Crippen molar-refractivity contribution in [2.24, 2.45) is 0 Å². The molecule has 1 atom stereocenters. The Balaban J connectivity index is 1.35. The third-order valence-electron chi connectivity index (χ3n) is 5.41. The SMILES string of the molecule is O=C1COC(CNCc2cccc3ccccc23)CN1Cc1cccc(C(F)(F)F)c1. The van der Waals surface area contributed by atoms with Gasteiger partial charge in [0.15, 0.2) is 0 Å². The first kappa shape index (κ1) is 21.3. The molecular formula is C24H23F3N2O2. The number of carbonyl (C=O) groups excluding carboxylic acids is 1. The fourth-order valence-corrected chi connectivity index (χ4v) is 3.84. The highest BCUT2D eigenvalue weighted by atomic mass is 19.4. The van der Waals surface area contributed by atoms with Gasteiger partial charge in [0.2, 0.25) is 5.91 Å². The van der Waals surface area contributed by atoms with E-state index < -0.39 is 11.7 Å². The van der Waals surface area contributed by atoms with E-state index in [0.717, 1.165) is 12.1 Å². The van der Waals surface area contributed by atoms with Gasteiger partial charge in [-0.25, -0.2) is 0 Å². The maximum absolute atomic E-state index is 13.0. The van der Waals surface area contributed by atoms with Crippen LogP contribution in [0.2, 0.25) is 0 Å². The van der Waals surface area contributed by atoms with E-state index in [1.165, 1.54) is 22.4 Å². The largest absolute Gasteiger partial charge is 0.416 e. The van der Waals surface area contributed by atoms with Gasteiger partial charge in [-0.2, -0.15) is 13.2 Å². The summed E-state index contributed by atoms with van der Waals surface area (Å²) in [5.41, 5.74) is 0.914. The lowest BCUT2D eigenvalue weighted by Gasteiger charge is -2.33. The Morgan fingerprint density at radius 3 is 2.65 bits per heavy atom. The third kappa shape index (κ3) is 5.24. The smallest absolute Gasteiger partial charge is 0.365 e. The number of alkyl halides is 3. The fraction of sp³-hybridized carbons (Fsp3) is 0.292. The Kier molecular flexibility index (Phi) is 6.25. The number of hydrogen-bond donors (Lipinski definition) is 1. The maximum Gasteiger partial charge on any atom is 0.416 e. The molecule has 1 unspecified atom stereocenters. The van der Waals surface area contributed by atoms with Gasteiger partial charge in [-0.05, 0) is 34.0 Å². The predicted molar refractivity (Wildman–Crippen MR) is 112 cm³/mol. The molecule has 1 N–H and O–H groups in total. The Bertz CT molecular complexity index is 1060. The standard InChI is InChI=1S/C24H23F3N2O2/c25-24(26,27)20-9-3-5-17(11-20)14-29-15-21(31-16-23(29)30)13-28-12-19-8-4-7-18-6-1-2-10-22(18)19/h1-11,21,28H,12-16H2. The maximum atomic E-state index is 13.0. The number of ether oxygens (including phenoxy) is 1. The number of carbonyl (C=O) groups is 1. The van der Waals surface area contributed by atoms with E-state index in [0.29, 0.717) is 25.2 Å². The Hall–Kier alpha value is -2.90. The van der Waals surface area contributed by atoms with Crippen molar-refractivity contribution in [2.45, 2.75) is 25.4 Å². The van der Waals surface area contributed by atoms with Crippen molar-refractivity contribution in [3.8, 4) is 0 Å². The summed E-state index contributed by atoms with van der Waals surface area (Å²) in [5, 5.41) is 5.74. The molecule has 1 fully saturated rings. The zero-order chi connectivity index (χ0) is 21.8. The Morgan fingerprint density at radius 2 is 1.81 bits per heavy atom. The predicted octanol–water partition coefficient (Wildman–Crippen LogP) is 4.38. The van der Waals surface area contributed by atoms with Crippen molar-refractivity contribution in [3.63, 3.8) is 0 Å². The van der Waals surface area contributed by atoms with Crippen LogP contribution in [0.25, 0.3) is 10.8 Å². The minimum Gasteiger partial charge on any atom is -0.365 e. The normalized spacial score (nSPS) is 17.3. The average Bonchev–Trinajstić information content (AvgIpc) is 2.76. The van der Waals surface area contributed by atoms with Crippen LogP contribution in [0.1, 0.15) is 16.7 Å². The van der Waals surface area contributed by atoms with Crippen molar-refractivity contribution in [2.75, 3.05) is 19.7 Å². The number of nitrogens with zero attached hydrogens (tertiary/aromatic N) is 1. The van der Waals surface area contributed by atoms with E-state index >= 15 is 0 Å². The summed E-state index contributed by atoms with van der Waals surface area (Å²) in [6, 6.07) is 19.4. The lowest BCUT2D eigenvalue weighted by atomic mass is 10.0. The second-order valence-corrected chi connectivity index (χ2v) is 7.67. The highest BCUT2D eigenvalue weighted by molar-refractivity contribution is 5.85. The zero-order valence-electron chi connectivity index (χ0n) is 16.9. The highest BCUT2D eigenvalue weighted by Gasteiger charge is 2.31. The van der Waals surface area contributed by atoms with Gasteiger partial charge < -0.3 is 15.0 Å². The van der Waals surface area contributed by atoms with Crippen LogP contribution in [-0.4, -0.2) is 36.6 Å². The molecule has 0 saturated carbocycles. The van der Waals surface area contributed by atoms with Gasteiger partial charge in [-0.3, -0.25) is 4.79 Å². The summed E-state index contributed by atoms with van der Waals surface area (Å²) >= 11 is 0. The van der Waals surface area contributed by atoms with E-state index in [1.807, 2.05) is 18.2 Å². The van der Waals surface area contributed by atoms with Crippen LogP contribution >= 0.6 is 0 Å². The molecule has 4 rings (SSSR count). The number of rotatable bonds is 6. The molecule has 4 nitrogen and oxygen atoms in total. The van der Waals surface area contributed by atoms with Gasteiger partial charge in [-0.15, -0.1) is 0 Å². The summed E-state index contributed by atoms with van der Waals surface area (Å²) in [6.07, 6.45) is -4.63. The summed E-state index contributed by atoms with van der Waals surface area (Å²) in [7, 11) is 0. The van der Waals surface area contributed by atoms with Gasteiger partial charge >= 0.3 is 6.18 Å². The molecule has 0 bridgehead atoms. The molecule has 0 aliphatic carbocycles. The minimum absolute atomic E-state index is 0.0699. The van der Waals surface area contributed by atoms with Gasteiger partial charge in [0, 0.05) is 26.2 Å². The van der Waals surface area contributed by atoms with E-state index in [4.69, 9.17) is 4.74 Å². The van der Waals surface area contributed by atoms with Gasteiger partial charge in [0.25, 0.3) is 0 Å². The van der Waals surface area contributed by atoms with Crippen LogP contribution in [0.4, 0.5) is 13.2 Å². The molecule has 31 heavy (non-hydrogen) atoms. The number of halogens is 3. The lowest BCUT2D eigenvalue weighted by Crippen LogP contribution is -2.49.